The lowest BCUT2D eigenvalue weighted by Crippen LogP contribution is -2.43. The van der Waals surface area contributed by atoms with E-state index < -0.39 is 5.60 Å². The molecule has 0 bridgehead atoms. The molecule has 1 saturated heterocycles. The van der Waals surface area contributed by atoms with Gasteiger partial charge in [-0.15, -0.1) is 0 Å². The van der Waals surface area contributed by atoms with Crippen LogP contribution >= 0.6 is 0 Å². The third-order valence-electron chi connectivity index (χ3n) is 5.84. The predicted octanol–water partition coefficient (Wildman–Crippen LogP) is 5.03. The Morgan fingerprint density at radius 1 is 1.21 bits per heavy atom. The van der Waals surface area contributed by atoms with Crippen LogP contribution in [0.5, 0.6) is 0 Å². The molecule has 1 aromatic heterocycles. The summed E-state index contributed by atoms with van der Waals surface area (Å²) in [6.45, 7) is 10.3. The molecule has 0 aliphatic carbocycles. The van der Waals surface area contributed by atoms with Gasteiger partial charge in [0.25, 0.3) is 0 Å². The van der Waals surface area contributed by atoms with Gasteiger partial charge in [-0.25, -0.2) is 4.79 Å². The summed E-state index contributed by atoms with van der Waals surface area (Å²) in [5.41, 5.74) is 1.39. The van der Waals surface area contributed by atoms with E-state index in [1.807, 2.05) is 45.2 Å². The summed E-state index contributed by atoms with van der Waals surface area (Å²) in [5.74, 6) is 0.560. The fourth-order valence-corrected chi connectivity index (χ4v) is 4.63. The molecule has 1 aromatic carbocycles. The Morgan fingerprint density at radius 2 is 1.89 bits per heavy atom. The fourth-order valence-electron chi connectivity index (χ4n) is 4.63. The summed E-state index contributed by atoms with van der Waals surface area (Å²) in [7, 11) is 2.11. The van der Waals surface area contributed by atoms with Crippen molar-refractivity contribution < 1.29 is 14.3 Å². The van der Waals surface area contributed by atoms with Gasteiger partial charge in [0.05, 0.1) is 5.52 Å². The van der Waals surface area contributed by atoms with Crippen LogP contribution in [-0.2, 0) is 9.53 Å². The van der Waals surface area contributed by atoms with E-state index in [0.29, 0.717) is 0 Å². The zero-order chi connectivity index (χ0) is 20.6. The number of ether oxygens (including phenoxy) is 1. The second-order valence-corrected chi connectivity index (χ2v) is 8.96. The maximum Gasteiger partial charge on any atom is 0.419 e. The Hall–Kier alpha value is -2.14. The van der Waals surface area contributed by atoms with Crippen molar-refractivity contribution in [2.24, 2.45) is 11.8 Å². The molecule has 0 radical (unpaired) electrons. The van der Waals surface area contributed by atoms with Crippen LogP contribution in [0.25, 0.3) is 10.9 Å². The van der Waals surface area contributed by atoms with Crippen LogP contribution in [0.15, 0.2) is 30.5 Å². The number of carbonyl (C=O) groups excluding carboxylic acids is 2. The molecule has 3 atom stereocenters. The molecular formula is C23H32N2O3. The Kier molecular flexibility index (Phi) is 5.67. The molecule has 152 valence electrons. The van der Waals surface area contributed by atoms with Gasteiger partial charge in [-0.1, -0.05) is 31.5 Å². The highest BCUT2D eigenvalue weighted by Gasteiger charge is 2.40. The van der Waals surface area contributed by atoms with Gasteiger partial charge in [0.1, 0.15) is 11.4 Å². The minimum atomic E-state index is -0.560. The first-order valence-corrected chi connectivity index (χ1v) is 10.2. The zero-order valence-corrected chi connectivity index (χ0v) is 17.9. The number of likely N-dealkylation sites (tertiary alicyclic amines) is 1. The van der Waals surface area contributed by atoms with Crippen molar-refractivity contribution in [3.05, 3.63) is 36.0 Å². The first-order valence-electron chi connectivity index (χ1n) is 10.2. The summed E-state index contributed by atoms with van der Waals surface area (Å²) in [6, 6.07) is 8.05. The van der Waals surface area contributed by atoms with Crippen LogP contribution in [0.4, 0.5) is 4.79 Å². The van der Waals surface area contributed by atoms with E-state index >= 15 is 0 Å². The number of Topliss-reactive ketones (excluding diaryl/α,β-unsaturated/α-hetero) is 1. The lowest BCUT2D eigenvalue weighted by molar-refractivity contribution is -0.125. The molecule has 5 nitrogen and oxygen atoms in total. The number of hydrogen-bond donors (Lipinski definition) is 0. The highest BCUT2D eigenvalue weighted by molar-refractivity contribution is 5.92. The first kappa shape index (κ1) is 20.6. The highest BCUT2D eigenvalue weighted by Crippen LogP contribution is 2.43. The van der Waals surface area contributed by atoms with E-state index in [-0.39, 0.29) is 29.8 Å². The minimum Gasteiger partial charge on any atom is -0.443 e. The first-order chi connectivity index (χ1) is 13.1. The number of nitrogens with zero attached hydrogens (tertiary/aromatic N) is 2. The number of fused-ring (bicyclic) bond motifs is 1. The van der Waals surface area contributed by atoms with E-state index in [2.05, 4.69) is 24.9 Å². The van der Waals surface area contributed by atoms with Gasteiger partial charge in [0, 0.05) is 23.5 Å². The number of aromatic nitrogens is 1. The third-order valence-corrected chi connectivity index (χ3v) is 5.84. The van der Waals surface area contributed by atoms with Crippen molar-refractivity contribution in [2.75, 3.05) is 13.6 Å². The Morgan fingerprint density at radius 3 is 2.50 bits per heavy atom. The molecule has 0 N–H and O–H groups in total. The van der Waals surface area contributed by atoms with Crippen molar-refractivity contribution in [1.29, 1.82) is 0 Å². The Bertz CT molecular complexity index is 878. The monoisotopic (exact) mass is 384 g/mol. The molecule has 2 heterocycles. The van der Waals surface area contributed by atoms with Crippen molar-refractivity contribution in [3.8, 4) is 0 Å². The van der Waals surface area contributed by atoms with Gasteiger partial charge in [-0.3, -0.25) is 14.3 Å². The van der Waals surface area contributed by atoms with E-state index in [0.717, 1.165) is 35.9 Å². The van der Waals surface area contributed by atoms with Crippen molar-refractivity contribution >= 4 is 22.8 Å². The Labute approximate surface area is 167 Å². The normalized spacial score (nSPS) is 23.7. The van der Waals surface area contributed by atoms with E-state index in [1.54, 1.807) is 11.5 Å². The number of benzene rings is 1. The van der Waals surface area contributed by atoms with Crippen LogP contribution in [0, 0.1) is 11.8 Å². The molecule has 0 amide bonds. The molecule has 5 heteroatoms. The predicted molar refractivity (Wildman–Crippen MR) is 112 cm³/mol. The summed E-state index contributed by atoms with van der Waals surface area (Å²) < 4.78 is 7.25. The smallest absolute Gasteiger partial charge is 0.419 e. The van der Waals surface area contributed by atoms with Crippen LogP contribution in [0.3, 0.4) is 0 Å². The number of carbonyl (C=O) groups is 2. The van der Waals surface area contributed by atoms with E-state index in [9.17, 15) is 9.59 Å². The number of para-hydroxylation sites is 1. The molecule has 2 aromatic rings. The van der Waals surface area contributed by atoms with Gasteiger partial charge >= 0.3 is 6.09 Å². The van der Waals surface area contributed by atoms with Gasteiger partial charge in [-0.2, -0.15) is 0 Å². The molecule has 1 fully saturated rings. The molecule has 0 unspecified atom stereocenters. The molecule has 0 saturated carbocycles. The third kappa shape index (κ3) is 3.86. The number of rotatable bonds is 3. The molecular weight excluding hydrogens is 352 g/mol. The average Bonchev–Trinajstić information content (AvgIpc) is 2.99. The average molecular weight is 385 g/mol. The second kappa shape index (κ2) is 7.70. The van der Waals surface area contributed by atoms with Crippen molar-refractivity contribution in [1.82, 2.24) is 9.47 Å². The Balaban J connectivity index is 2.12. The number of ketones is 1. The second-order valence-electron chi connectivity index (χ2n) is 8.96. The van der Waals surface area contributed by atoms with Crippen molar-refractivity contribution in [3.63, 3.8) is 0 Å². The van der Waals surface area contributed by atoms with Crippen LogP contribution < -0.4 is 0 Å². The highest BCUT2D eigenvalue weighted by atomic mass is 16.6. The quantitative estimate of drug-likeness (QED) is 0.744. The summed E-state index contributed by atoms with van der Waals surface area (Å²) in [5, 5.41) is 1.05. The molecule has 1 aliphatic rings. The molecule has 28 heavy (non-hydrogen) atoms. The topological polar surface area (TPSA) is 51.5 Å². The van der Waals surface area contributed by atoms with Crippen LogP contribution in [0.2, 0.25) is 0 Å². The molecule has 1 aliphatic heterocycles. The molecule has 0 spiro atoms. The van der Waals surface area contributed by atoms with Crippen molar-refractivity contribution in [2.45, 2.75) is 59.1 Å². The van der Waals surface area contributed by atoms with Gasteiger partial charge in [0.2, 0.25) is 0 Å². The minimum absolute atomic E-state index is 0.0647. The van der Waals surface area contributed by atoms with E-state index in [1.165, 1.54) is 0 Å². The van der Waals surface area contributed by atoms with Crippen LogP contribution in [0.1, 0.15) is 59.1 Å². The van der Waals surface area contributed by atoms with Gasteiger partial charge < -0.3 is 4.74 Å². The summed E-state index contributed by atoms with van der Waals surface area (Å²) >= 11 is 0. The van der Waals surface area contributed by atoms with Crippen LogP contribution in [-0.4, -0.2) is 40.5 Å². The largest absolute Gasteiger partial charge is 0.443 e. The summed E-state index contributed by atoms with van der Waals surface area (Å²) in [6.07, 6.45) is 3.37. The number of hydrogen-bond acceptors (Lipinski definition) is 4. The van der Waals surface area contributed by atoms with E-state index in [4.69, 9.17) is 4.74 Å². The SMILES string of the molecule is CC[C@@H]1[C@@H](C(C)=O)CCN(C)[C@H]1c1cn(C(=O)OC(C)(C)C)c2ccccc12. The zero-order valence-electron chi connectivity index (χ0n) is 17.9. The lowest BCUT2D eigenvalue weighted by Gasteiger charge is -2.43. The maximum atomic E-state index is 12.8. The van der Waals surface area contributed by atoms with Gasteiger partial charge in [0.15, 0.2) is 0 Å². The number of piperidine rings is 1. The summed E-state index contributed by atoms with van der Waals surface area (Å²) in [4.78, 5) is 27.5. The van der Waals surface area contributed by atoms with Gasteiger partial charge in [-0.05, 0) is 65.3 Å². The fraction of sp³-hybridized carbons (Fsp3) is 0.565. The molecule has 3 rings (SSSR count). The lowest BCUT2D eigenvalue weighted by atomic mass is 9.74. The maximum absolute atomic E-state index is 12.8. The standard InChI is InChI=1S/C23H32N2O3/c1-7-16-17(15(2)26)12-13-24(6)21(16)19-14-25(22(27)28-23(3,4)5)20-11-9-8-10-18(19)20/h8-11,14,16-17,21H,7,12-13H2,1-6H3/t16-,17-,21-/m1/s1.